The van der Waals surface area contributed by atoms with E-state index in [1.807, 2.05) is 45.9 Å². The number of nitriles is 1. The van der Waals surface area contributed by atoms with Crippen LogP contribution < -0.4 is 35.1 Å². The number of fused-ring (bicyclic) bond motifs is 18. The van der Waals surface area contributed by atoms with Crippen molar-refractivity contribution in [3.05, 3.63) is 138 Å². The molecule has 680 valence electrons. The third-order valence-corrected chi connectivity index (χ3v) is 26.6. The van der Waals surface area contributed by atoms with Gasteiger partial charge >= 0.3 is 30.6 Å². The summed E-state index contributed by atoms with van der Waals surface area (Å²) in [7, 11) is 0. The van der Waals surface area contributed by atoms with Crippen LogP contribution in [0.4, 0.5) is 51.7 Å². The van der Waals surface area contributed by atoms with Crippen molar-refractivity contribution in [2.75, 3.05) is 181 Å². The molecule has 12 aliphatic heterocycles. The number of aliphatic hydroxyl groups is 1. The van der Waals surface area contributed by atoms with Gasteiger partial charge in [-0.15, -0.1) is 0 Å². The number of carboxylic acid groups (broad SMARTS) is 1. The number of hydrogen-bond acceptors (Lipinski definition) is 30. The van der Waals surface area contributed by atoms with Crippen molar-refractivity contribution in [1.82, 2.24) is 29.9 Å². The van der Waals surface area contributed by atoms with E-state index in [-0.39, 0.29) is 92.9 Å². The number of carboxylic acids is 1. The van der Waals surface area contributed by atoms with Crippen LogP contribution >= 0.6 is 69.6 Å². The summed E-state index contributed by atoms with van der Waals surface area (Å²) < 4.78 is 87.6. The summed E-state index contributed by atoms with van der Waals surface area (Å²) >= 11 is 36.1. The molecule has 32 nitrogen and oxygen atoms in total. The van der Waals surface area contributed by atoms with Crippen molar-refractivity contribution < 1.29 is 104 Å². The molecule has 0 spiro atoms. The van der Waals surface area contributed by atoms with Crippen molar-refractivity contribution in [2.45, 2.75) is 115 Å². The number of aliphatic hydroxyl groups excluding tert-OH is 1. The first kappa shape index (κ1) is 101. The number of aromatic nitrogens is 6. The molecule has 0 bridgehead atoms. The fourth-order valence-corrected chi connectivity index (χ4v) is 19.5. The first-order chi connectivity index (χ1) is 60.7. The second kappa shape index (κ2) is 46.7. The number of hydrogen-bond donors (Lipinski definition) is 3. The van der Waals surface area contributed by atoms with Crippen molar-refractivity contribution in [3.63, 3.8) is 0 Å². The SMILES string of the molecule is CCC1(CF)Cc2ncc(Cl)cc2N2CCOCC21.CCC1(CO)Cc2ncc(Cl)cc2N2CCOCC21.CCC1Cc2ncc(Cl)cc2N2CCOCC12.N#CC1(CF)Cc2ncc(Cl)cc2N2CCOCC21.NC(=O)C1(CF)Cc2ncc(Cl)cc2N2CCOCC21.O=C(O)C1(CF)Cc2ncc(Cl)cc2N2CCOCC21.O=C=O.O=C=O.O=C=O.O=C=O. The van der Waals surface area contributed by atoms with Crippen LogP contribution in [0.3, 0.4) is 0 Å². The van der Waals surface area contributed by atoms with Gasteiger partial charge in [-0.3, -0.25) is 43.9 Å². The number of aliphatic carboxylic acids is 1. The molecule has 18 rings (SSSR count). The second-order valence-corrected chi connectivity index (χ2v) is 34.1. The molecule has 0 aromatic carbocycles. The molecule has 12 unspecified atom stereocenters. The van der Waals surface area contributed by atoms with Gasteiger partial charge in [0.15, 0.2) is 0 Å². The van der Waals surface area contributed by atoms with Gasteiger partial charge in [0, 0.05) is 119 Å². The number of rotatable bonds is 10. The third-order valence-electron chi connectivity index (χ3n) is 25.3. The van der Waals surface area contributed by atoms with Gasteiger partial charge in [0.25, 0.3) is 0 Å². The fourth-order valence-electron chi connectivity index (χ4n) is 18.6. The van der Waals surface area contributed by atoms with E-state index in [9.17, 15) is 42.6 Å². The average Bonchev–Trinajstić information content (AvgIpc) is 0.751. The van der Waals surface area contributed by atoms with E-state index >= 15 is 0 Å². The number of alkyl halides is 4. The fraction of sp³-hybridized carbons (Fsp3) is 0.560. The van der Waals surface area contributed by atoms with Gasteiger partial charge in [0.1, 0.15) is 36.3 Å². The Morgan fingerprint density at radius 2 is 0.722 bits per heavy atom. The van der Waals surface area contributed by atoms with Gasteiger partial charge < -0.3 is 73.8 Å². The standard InChI is InChI=1S/C14H18ClFN2O.C14H19ClN2O2.C13H15ClFN3O2.C13H13ClFN3O.C13H14ClFN2O3.C13H17ClN2O.4CO2/c1-2-14(9-16)6-11-12(5-10(15)7-17-11)18-3-4-19-8-13(14)18;1-2-14(9-18)6-11-12(5-10(15)7-16-11)17-3-4-19-8-13(14)17;14-8-3-10-9(17-5-8)4-13(7-15,12(16)19)11-6-20-2-1-18(10)11;14-9-3-11-10(17-5-9)4-13(7-15,8-16)12-6-19-2-1-18(11)12;14-8-3-10-9(16-5-8)4-13(7-15,12(18)19)11-6-20-2-1-17(10)11;1-2-9-5-11-12(6-10(14)7-15-11)16-3-4-17-8-13(9)16;4*2-1-3/h5,7,13H,2-4,6,8-9H2,1H3;5,7,13,18H,2-4,6,8-9H2,1H3;3,5,11H,1-2,4,6-7H2,(H2,16,19);3,5,12H,1-2,4,6-7H2;3,5,11H,1-2,4,6-7H2,(H,18,19);6-7,9,13H,2-5,8H2,1H3;;;;. The van der Waals surface area contributed by atoms with E-state index in [1.54, 1.807) is 36.9 Å². The Hall–Kier alpha value is -9.17. The molecule has 0 saturated carbocycles. The van der Waals surface area contributed by atoms with E-state index < -0.39 is 60.2 Å². The predicted molar refractivity (Wildman–Crippen MR) is 449 cm³/mol. The highest BCUT2D eigenvalue weighted by Gasteiger charge is 2.57. The minimum Gasteiger partial charge on any atom is -0.481 e. The summed E-state index contributed by atoms with van der Waals surface area (Å²) in [4.78, 5) is 127. The minimum absolute atomic E-state index is 0.0515. The zero-order chi connectivity index (χ0) is 91.7. The number of primary amides is 1. The van der Waals surface area contributed by atoms with E-state index in [1.165, 1.54) is 30.2 Å². The number of morpholine rings is 6. The van der Waals surface area contributed by atoms with E-state index in [0.717, 1.165) is 109 Å². The molecule has 6 aromatic rings. The molecule has 126 heavy (non-hydrogen) atoms. The van der Waals surface area contributed by atoms with Crippen molar-refractivity contribution >= 4 is 140 Å². The highest BCUT2D eigenvalue weighted by atomic mass is 35.5. The van der Waals surface area contributed by atoms with Gasteiger partial charge in [0.2, 0.25) is 5.91 Å². The minimum atomic E-state index is -1.51. The van der Waals surface area contributed by atoms with Crippen LogP contribution in [0.25, 0.3) is 0 Å². The molecule has 6 aromatic heterocycles. The van der Waals surface area contributed by atoms with Crippen LogP contribution in [0, 0.1) is 44.3 Å². The van der Waals surface area contributed by atoms with Crippen LogP contribution in [0.2, 0.25) is 30.1 Å². The Kier molecular flexibility index (Phi) is 37.3. The largest absolute Gasteiger partial charge is 0.481 e. The molecule has 6 saturated heterocycles. The number of carbonyl (C=O) groups excluding carboxylic acids is 9. The van der Waals surface area contributed by atoms with Crippen molar-refractivity contribution in [1.29, 1.82) is 5.26 Å². The number of pyridine rings is 6. The Morgan fingerprint density at radius 1 is 0.429 bits per heavy atom. The molecular weight excluding hydrogens is 1780 g/mol. The number of nitrogens with two attached hydrogens (primary N) is 1. The molecule has 4 N–H and O–H groups in total. The number of nitrogens with zero attached hydrogens (tertiary/aromatic N) is 13. The van der Waals surface area contributed by atoms with Gasteiger partial charge in [0.05, 0.1) is 233 Å². The average molecular weight is 1880 g/mol. The van der Waals surface area contributed by atoms with Crippen LogP contribution in [0.15, 0.2) is 73.6 Å². The summed E-state index contributed by atoms with van der Waals surface area (Å²) in [5.74, 6) is -1.15. The Bertz CT molecular complexity index is 4670. The van der Waals surface area contributed by atoms with E-state index in [4.69, 9.17) is 142 Å². The van der Waals surface area contributed by atoms with Gasteiger partial charge in [-0.2, -0.15) is 43.6 Å². The smallest absolute Gasteiger partial charge is 0.373 e. The van der Waals surface area contributed by atoms with Crippen LogP contribution in [0.1, 0.15) is 74.2 Å². The maximum absolute atomic E-state index is 13.7. The zero-order valence-electron chi connectivity index (χ0n) is 69.2. The molecule has 6 fully saturated rings. The lowest BCUT2D eigenvalue weighted by Crippen LogP contribution is -2.64. The first-order valence-corrected chi connectivity index (χ1v) is 42.7. The monoisotopic (exact) mass is 1870 g/mol. The lowest BCUT2D eigenvalue weighted by molar-refractivity contribution is -0.193. The highest BCUT2D eigenvalue weighted by Crippen LogP contribution is 2.50. The number of amides is 1. The Balaban J connectivity index is 0.000000167. The molecule has 0 aliphatic carbocycles. The van der Waals surface area contributed by atoms with Gasteiger partial charge in [-0.25, -0.2) is 13.2 Å². The van der Waals surface area contributed by atoms with E-state index in [2.05, 4.69) is 64.5 Å². The maximum Gasteiger partial charge on any atom is 0.373 e. The summed E-state index contributed by atoms with van der Waals surface area (Å²) in [5, 5.41) is 32.5. The van der Waals surface area contributed by atoms with Crippen LogP contribution in [0.5, 0.6) is 0 Å². The van der Waals surface area contributed by atoms with Crippen LogP contribution in [-0.4, -0.2) is 265 Å². The lowest BCUT2D eigenvalue weighted by Gasteiger charge is -2.52. The van der Waals surface area contributed by atoms with Crippen LogP contribution in [-0.2, 0) is 115 Å². The zero-order valence-corrected chi connectivity index (χ0v) is 73.7. The maximum atomic E-state index is 13.7. The topological polar surface area (TPSA) is 413 Å². The van der Waals surface area contributed by atoms with Crippen molar-refractivity contribution in [3.8, 4) is 6.07 Å². The summed E-state index contributed by atoms with van der Waals surface area (Å²) in [5.41, 5.74) is 12.2. The molecule has 18 heterocycles. The normalized spacial score (nSPS) is 26.5. The number of carbonyl (C=O) groups is 2. The Labute approximate surface area is 753 Å². The molecule has 42 heteroatoms. The van der Waals surface area contributed by atoms with Gasteiger partial charge in [-0.1, -0.05) is 96.8 Å². The lowest BCUT2D eigenvalue weighted by atomic mass is 9.71. The third kappa shape index (κ3) is 22.0. The predicted octanol–water partition coefficient (Wildman–Crippen LogP) is 9.39. The van der Waals surface area contributed by atoms with E-state index in [0.29, 0.717) is 134 Å². The molecule has 12 atom stereocenters. The molecule has 12 aliphatic rings. The molecular formula is C84H96Cl6F4N14O18. The molecule has 1 amide bonds. The number of ether oxygens (including phenoxy) is 6. The van der Waals surface area contributed by atoms with Gasteiger partial charge in [-0.05, 0) is 61.6 Å². The quantitative estimate of drug-likeness (QED) is 0.107. The second-order valence-electron chi connectivity index (χ2n) is 31.4. The highest BCUT2D eigenvalue weighted by molar-refractivity contribution is 6.32. The summed E-state index contributed by atoms with van der Waals surface area (Å²) in [6.07, 6.45) is 16.5. The Morgan fingerprint density at radius 3 is 1.06 bits per heavy atom. The van der Waals surface area contributed by atoms with Crippen molar-refractivity contribution in [2.24, 2.45) is 38.7 Å². The first-order valence-electron chi connectivity index (χ1n) is 40.4. The number of halogens is 10. The summed E-state index contributed by atoms with van der Waals surface area (Å²) in [6.45, 7) is 14.7. The molecule has 0 radical (unpaired) electrons. The summed E-state index contributed by atoms with van der Waals surface area (Å²) in [6, 6.07) is 13.1. The number of anilines is 6.